The van der Waals surface area contributed by atoms with Gasteiger partial charge in [0, 0.05) is 70.4 Å². The Balaban J connectivity index is 1.35. The molecule has 3 aliphatic rings. The van der Waals surface area contributed by atoms with Crippen LogP contribution in [0.15, 0.2) is 36.7 Å². The minimum Gasteiger partial charge on any atom is -0.493 e. The second kappa shape index (κ2) is 13.6. The van der Waals surface area contributed by atoms with Crippen molar-refractivity contribution < 1.29 is 28.7 Å². The Morgan fingerprint density at radius 2 is 1.77 bits per heavy atom. The van der Waals surface area contributed by atoms with Crippen molar-refractivity contribution in [1.82, 2.24) is 25.0 Å². The average molecular weight is 612 g/mol. The summed E-state index contributed by atoms with van der Waals surface area (Å²) in [5, 5.41) is 3.42. The molecule has 2 atom stereocenters. The van der Waals surface area contributed by atoms with E-state index in [0.717, 1.165) is 5.56 Å². The number of likely N-dealkylation sites (tertiary alicyclic amines) is 2. The van der Waals surface area contributed by atoms with Crippen molar-refractivity contribution in [3.05, 3.63) is 52.8 Å². The van der Waals surface area contributed by atoms with Crippen molar-refractivity contribution in [1.29, 1.82) is 0 Å². The largest absolute Gasteiger partial charge is 0.493 e. The Hall–Kier alpha value is -3.86. The van der Waals surface area contributed by atoms with Gasteiger partial charge in [-0.1, -0.05) is 17.7 Å². The molecule has 1 N–H and O–H groups in total. The number of amides is 4. The minimum absolute atomic E-state index is 0.0305. The second-order valence-electron chi connectivity index (χ2n) is 11.3. The summed E-state index contributed by atoms with van der Waals surface area (Å²) in [4.78, 5) is 61.5. The molecule has 2 aromatic rings. The van der Waals surface area contributed by atoms with Gasteiger partial charge in [0.05, 0.1) is 30.2 Å². The Kier molecular flexibility index (Phi) is 9.69. The Labute approximate surface area is 256 Å². The summed E-state index contributed by atoms with van der Waals surface area (Å²) in [6.45, 7) is 4.81. The van der Waals surface area contributed by atoms with Crippen LogP contribution in [0.3, 0.4) is 0 Å². The van der Waals surface area contributed by atoms with Gasteiger partial charge in [-0.2, -0.15) is 0 Å². The third-order valence-electron chi connectivity index (χ3n) is 8.64. The molecule has 3 aliphatic heterocycles. The summed E-state index contributed by atoms with van der Waals surface area (Å²) < 4.78 is 11.7. The molecule has 1 aromatic heterocycles. The van der Waals surface area contributed by atoms with E-state index in [0.29, 0.717) is 80.6 Å². The number of rotatable bonds is 3. The number of aromatic nitrogens is 1. The van der Waals surface area contributed by atoms with Crippen molar-refractivity contribution in [3.8, 4) is 11.5 Å². The highest BCUT2D eigenvalue weighted by Crippen LogP contribution is 2.38. The zero-order valence-corrected chi connectivity index (χ0v) is 25.3. The monoisotopic (exact) mass is 611 g/mol. The summed E-state index contributed by atoms with van der Waals surface area (Å²) >= 11 is 6.08. The van der Waals surface area contributed by atoms with Crippen LogP contribution in [0.1, 0.15) is 48.0 Å². The fraction of sp³-hybridized carbons (Fsp3) is 0.516. The first kappa shape index (κ1) is 30.6. The molecule has 4 heterocycles. The summed E-state index contributed by atoms with van der Waals surface area (Å²) in [5.74, 6) is -0.134. The lowest BCUT2D eigenvalue weighted by Gasteiger charge is -2.34. The maximum absolute atomic E-state index is 13.5. The number of benzene rings is 1. The molecule has 230 valence electrons. The molecule has 0 saturated carbocycles. The van der Waals surface area contributed by atoms with E-state index in [1.54, 1.807) is 34.8 Å². The normalized spacial score (nSPS) is 21.7. The van der Waals surface area contributed by atoms with E-state index in [2.05, 4.69) is 10.3 Å². The van der Waals surface area contributed by atoms with Crippen molar-refractivity contribution >= 4 is 35.2 Å². The van der Waals surface area contributed by atoms with Crippen LogP contribution in [0.5, 0.6) is 11.5 Å². The van der Waals surface area contributed by atoms with Gasteiger partial charge in [-0.3, -0.25) is 24.2 Å². The minimum atomic E-state index is -0.482. The van der Waals surface area contributed by atoms with E-state index in [-0.39, 0.29) is 48.6 Å². The zero-order chi connectivity index (χ0) is 30.5. The number of pyridine rings is 1. The summed E-state index contributed by atoms with van der Waals surface area (Å²) in [7, 11) is 1.56. The quantitative estimate of drug-likeness (QED) is 0.566. The van der Waals surface area contributed by atoms with Gasteiger partial charge in [0.1, 0.15) is 6.61 Å². The van der Waals surface area contributed by atoms with E-state index >= 15 is 0 Å². The lowest BCUT2D eigenvalue weighted by Crippen LogP contribution is -2.45. The Bertz CT molecular complexity index is 1360. The van der Waals surface area contributed by atoms with Gasteiger partial charge in [-0.25, -0.2) is 0 Å². The number of nitrogens with zero attached hydrogens (tertiary/aromatic N) is 4. The molecule has 11 nitrogen and oxygen atoms in total. The standard InChI is InChI=1S/C31H38ClN5O6/c1-20(38)35-10-6-21(7-11-35)30(40)36-9-3-8-34-29(39)26-19-37(31(41)23-14-24(32)17-33-16-23)18-25(26)22-4-5-27(42-2)28(15-22)43-13-12-36/h4-5,14-17,21,25-26H,3,6-13,18-19H2,1-2H3,(H,34,39)/t25-,26+/m1/s1. The van der Waals surface area contributed by atoms with Gasteiger partial charge < -0.3 is 29.5 Å². The second-order valence-corrected chi connectivity index (χ2v) is 11.8. The number of carbonyl (C=O) groups excluding carboxylic acids is 4. The van der Waals surface area contributed by atoms with Gasteiger partial charge in [0.2, 0.25) is 17.7 Å². The predicted molar refractivity (Wildman–Crippen MR) is 159 cm³/mol. The maximum Gasteiger partial charge on any atom is 0.255 e. The SMILES string of the molecule is COc1ccc2cc1OCCN(C(=O)C1CCN(C(C)=O)CC1)CCCNC(=O)[C@H]1CN(C(=O)c3cncc(Cl)c3)C[C@H]21. The van der Waals surface area contributed by atoms with Crippen molar-refractivity contribution in [2.45, 2.75) is 32.1 Å². The molecular weight excluding hydrogens is 574 g/mol. The lowest BCUT2D eigenvalue weighted by atomic mass is 9.88. The summed E-state index contributed by atoms with van der Waals surface area (Å²) in [6, 6.07) is 7.16. The molecule has 43 heavy (non-hydrogen) atoms. The topological polar surface area (TPSA) is 121 Å². The van der Waals surface area contributed by atoms with Crippen molar-refractivity contribution in [2.75, 3.05) is 59.5 Å². The van der Waals surface area contributed by atoms with Gasteiger partial charge in [-0.15, -0.1) is 0 Å². The molecule has 1 aromatic carbocycles. The number of hydrogen-bond acceptors (Lipinski definition) is 7. The fourth-order valence-corrected chi connectivity index (χ4v) is 6.41. The van der Waals surface area contributed by atoms with Gasteiger partial charge in [-0.05, 0) is 43.0 Å². The van der Waals surface area contributed by atoms with Crippen molar-refractivity contribution in [3.63, 3.8) is 0 Å². The molecule has 12 heteroatoms. The molecule has 4 amide bonds. The van der Waals surface area contributed by atoms with E-state index in [4.69, 9.17) is 21.1 Å². The number of carbonyl (C=O) groups is 4. The highest BCUT2D eigenvalue weighted by molar-refractivity contribution is 6.30. The Morgan fingerprint density at radius 1 is 1.00 bits per heavy atom. The molecule has 0 radical (unpaired) electrons. The van der Waals surface area contributed by atoms with Gasteiger partial charge >= 0.3 is 0 Å². The number of methoxy groups -OCH3 is 1. The molecule has 2 saturated heterocycles. The molecule has 2 bridgehead atoms. The van der Waals surface area contributed by atoms with Crippen LogP contribution < -0.4 is 14.8 Å². The van der Waals surface area contributed by atoms with E-state index < -0.39 is 5.92 Å². The van der Waals surface area contributed by atoms with E-state index in [9.17, 15) is 19.2 Å². The van der Waals surface area contributed by atoms with Crippen LogP contribution in [0, 0.1) is 11.8 Å². The fourth-order valence-electron chi connectivity index (χ4n) is 6.23. The summed E-state index contributed by atoms with van der Waals surface area (Å²) in [6.07, 6.45) is 4.79. The molecular formula is C31H38ClN5O6. The van der Waals surface area contributed by atoms with Crippen LogP contribution >= 0.6 is 11.6 Å². The lowest BCUT2D eigenvalue weighted by molar-refractivity contribution is -0.140. The van der Waals surface area contributed by atoms with Gasteiger partial charge in [0.25, 0.3) is 5.91 Å². The predicted octanol–water partition coefficient (Wildman–Crippen LogP) is 2.59. The van der Waals surface area contributed by atoms with Crippen LogP contribution in [-0.4, -0.2) is 103 Å². The zero-order valence-electron chi connectivity index (χ0n) is 24.6. The highest BCUT2D eigenvalue weighted by Gasteiger charge is 2.41. The van der Waals surface area contributed by atoms with Crippen LogP contribution in [0.2, 0.25) is 5.02 Å². The van der Waals surface area contributed by atoms with E-state index in [1.807, 2.05) is 18.2 Å². The molecule has 5 rings (SSSR count). The average Bonchev–Trinajstić information content (AvgIpc) is 3.46. The first-order valence-corrected chi connectivity index (χ1v) is 15.2. The highest BCUT2D eigenvalue weighted by atomic mass is 35.5. The number of ether oxygens (including phenoxy) is 2. The van der Waals surface area contributed by atoms with E-state index in [1.165, 1.54) is 12.4 Å². The number of fused-ring (bicyclic) bond motifs is 4. The Morgan fingerprint density at radius 3 is 2.49 bits per heavy atom. The van der Waals surface area contributed by atoms with Gasteiger partial charge in [0.15, 0.2) is 11.5 Å². The molecule has 0 aliphatic carbocycles. The number of nitrogens with one attached hydrogen (secondary N) is 1. The van der Waals surface area contributed by atoms with Crippen LogP contribution in [-0.2, 0) is 14.4 Å². The smallest absolute Gasteiger partial charge is 0.255 e. The van der Waals surface area contributed by atoms with Crippen LogP contribution in [0.4, 0.5) is 0 Å². The first-order valence-electron chi connectivity index (χ1n) is 14.8. The molecule has 0 unspecified atom stereocenters. The van der Waals surface area contributed by atoms with Crippen LogP contribution in [0.25, 0.3) is 0 Å². The maximum atomic E-state index is 13.5. The molecule has 2 fully saturated rings. The third kappa shape index (κ3) is 7.04. The number of hydrogen-bond donors (Lipinski definition) is 1. The van der Waals surface area contributed by atoms with Crippen molar-refractivity contribution in [2.24, 2.45) is 11.8 Å². The summed E-state index contributed by atoms with van der Waals surface area (Å²) in [5.41, 5.74) is 1.23. The third-order valence-corrected chi connectivity index (χ3v) is 8.84. The number of piperidine rings is 1. The molecule has 0 spiro atoms. The first-order chi connectivity index (χ1) is 20.7. The number of halogens is 1.